The molecular formula is C15H15BrCl2N2O. The van der Waals surface area contributed by atoms with Gasteiger partial charge in [0.05, 0.1) is 27.9 Å². The molecule has 1 aromatic heterocycles. The Labute approximate surface area is 142 Å². The molecule has 0 amide bonds. The van der Waals surface area contributed by atoms with Crippen molar-refractivity contribution in [2.24, 2.45) is 0 Å². The van der Waals surface area contributed by atoms with Gasteiger partial charge in [-0.1, -0.05) is 30.1 Å². The maximum atomic E-state index is 12.4. The fraction of sp³-hybridized carbons (Fsp3) is 0.333. The van der Waals surface area contributed by atoms with E-state index in [-0.39, 0.29) is 12.2 Å². The first-order valence-electron chi connectivity index (χ1n) is 6.70. The molecule has 112 valence electrons. The number of nitrogens with zero attached hydrogens (tertiary/aromatic N) is 2. The zero-order chi connectivity index (χ0) is 15.6. The van der Waals surface area contributed by atoms with Gasteiger partial charge in [0, 0.05) is 16.6 Å². The van der Waals surface area contributed by atoms with E-state index in [1.807, 2.05) is 13.8 Å². The van der Waals surface area contributed by atoms with Crippen LogP contribution in [0.2, 0.25) is 10.0 Å². The summed E-state index contributed by atoms with van der Waals surface area (Å²) in [6, 6.07) is 5.15. The van der Waals surface area contributed by atoms with Crippen molar-refractivity contribution in [2.45, 2.75) is 33.2 Å². The molecule has 0 aliphatic carbocycles. The monoisotopic (exact) mass is 388 g/mol. The summed E-state index contributed by atoms with van der Waals surface area (Å²) < 4.78 is 2.50. The SMILES string of the molecule is CCc1nn(CC)c(CC(=O)c2ccc(Cl)c(Br)c2)c1Cl. The quantitative estimate of drug-likeness (QED) is 0.677. The normalized spacial score (nSPS) is 10.9. The van der Waals surface area contributed by atoms with Crippen LogP contribution in [-0.4, -0.2) is 15.6 Å². The van der Waals surface area contributed by atoms with Gasteiger partial charge in [0.2, 0.25) is 0 Å². The number of Topliss-reactive ketones (excluding diaryl/α,β-unsaturated/α-hetero) is 1. The second-order valence-corrected chi connectivity index (χ2v) is 6.25. The van der Waals surface area contributed by atoms with Gasteiger partial charge in [-0.3, -0.25) is 9.48 Å². The van der Waals surface area contributed by atoms with Gasteiger partial charge in [0.15, 0.2) is 5.78 Å². The van der Waals surface area contributed by atoms with Gasteiger partial charge >= 0.3 is 0 Å². The van der Waals surface area contributed by atoms with Crippen molar-refractivity contribution < 1.29 is 4.79 Å². The molecule has 2 aromatic rings. The summed E-state index contributed by atoms with van der Waals surface area (Å²) in [5.74, 6) is -0.00785. The Morgan fingerprint density at radius 2 is 2.05 bits per heavy atom. The fourth-order valence-electron chi connectivity index (χ4n) is 2.11. The van der Waals surface area contributed by atoms with E-state index >= 15 is 0 Å². The van der Waals surface area contributed by atoms with Crippen LogP contribution in [0, 0.1) is 0 Å². The molecule has 1 heterocycles. The second-order valence-electron chi connectivity index (χ2n) is 4.61. The number of aromatic nitrogens is 2. The Morgan fingerprint density at radius 1 is 1.33 bits per heavy atom. The molecule has 0 N–H and O–H groups in total. The van der Waals surface area contributed by atoms with Crippen LogP contribution in [0.3, 0.4) is 0 Å². The van der Waals surface area contributed by atoms with E-state index in [2.05, 4.69) is 21.0 Å². The summed E-state index contributed by atoms with van der Waals surface area (Å²) in [5, 5.41) is 5.61. The number of rotatable bonds is 5. The Bertz CT molecular complexity index is 683. The lowest BCUT2D eigenvalue weighted by atomic mass is 10.1. The largest absolute Gasteiger partial charge is 0.294 e. The number of carbonyl (C=O) groups is 1. The highest BCUT2D eigenvalue weighted by Crippen LogP contribution is 2.26. The number of benzene rings is 1. The lowest BCUT2D eigenvalue weighted by molar-refractivity contribution is 0.0990. The van der Waals surface area contributed by atoms with E-state index in [4.69, 9.17) is 23.2 Å². The molecular weight excluding hydrogens is 375 g/mol. The third-order valence-electron chi connectivity index (χ3n) is 3.26. The third kappa shape index (κ3) is 3.50. The van der Waals surface area contributed by atoms with E-state index in [0.717, 1.165) is 17.8 Å². The van der Waals surface area contributed by atoms with Gasteiger partial charge < -0.3 is 0 Å². The van der Waals surface area contributed by atoms with E-state index in [0.29, 0.717) is 26.6 Å². The number of hydrogen-bond acceptors (Lipinski definition) is 2. The predicted octanol–water partition coefficient (Wildman–Crippen LogP) is 4.96. The van der Waals surface area contributed by atoms with Crippen LogP contribution in [0.25, 0.3) is 0 Å². The standard InChI is InChI=1S/C15H15BrCl2N2O/c1-3-12-15(18)13(20(4-2)19-12)8-14(21)9-5-6-11(17)10(16)7-9/h5-7H,3-4,8H2,1-2H3. The summed E-state index contributed by atoms with van der Waals surface area (Å²) in [6.07, 6.45) is 0.979. The van der Waals surface area contributed by atoms with Crippen LogP contribution in [-0.2, 0) is 19.4 Å². The van der Waals surface area contributed by atoms with Crippen LogP contribution in [0.1, 0.15) is 35.6 Å². The second kappa shape index (κ2) is 6.95. The number of halogens is 3. The van der Waals surface area contributed by atoms with E-state index in [1.54, 1.807) is 22.9 Å². The molecule has 0 atom stereocenters. The van der Waals surface area contributed by atoms with Gasteiger partial charge in [-0.05, 0) is 47.5 Å². The average Bonchev–Trinajstić information content (AvgIpc) is 2.78. The van der Waals surface area contributed by atoms with E-state index in [9.17, 15) is 4.79 Å². The first kappa shape index (κ1) is 16.5. The van der Waals surface area contributed by atoms with Crippen molar-refractivity contribution in [1.29, 1.82) is 0 Å². The summed E-state index contributed by atoms with van der Waals surface area (Å²) in [4.78, 5) is 12.4. The van der Waals surface area contributed by atoms with Crippen molar-refractivity contribution in [2.75, 3.05) is 0 Å². The molecule has 2 rings (SSSR count). The maximum absolute atomic E-state index is 12.4. The van der Waals surface area contributed by atoms with E-state index < -0.39 is 0 Å². The van der Waals surface area contributed by atoms with Crippen LogP contribution in [0.4, 0.5) is 0 Å². The van der Waals surface area contributed by atoms with Crippen molar-refractivity contribution in [3.8, 4) is 0 Å². The summed E-state index contributed by atoms with van der Waals surface area (Å²) in [5.41, 5.74) is 2.20. The van der Waals surface area contributed by atoms with Gasteiger partial charge in [-0.15, -0.1) is 0 Å². The first-order valence-corrected chi connectivity index (χ1v) is 8.25. The van der Waals surface area contributed by atoms with Crippen molar-refractivity contribution in [3.63, 3.8) is 0 Å². The van der Waals surface area contributed by atoms with E-state index in [1.165, 1.54) is 0 Å². The molecule has 0 fully saturated rings. The summed E-state index contributed by atoms with van der Waals surface area (Å²) in [7, 11) is 0. The highest BCUT2D eigenvalue weighted by atomic mass is 79.9. The minimum atomic E-state index is -0.00785. The smallest absolute Gasteiger partial charge is 0.168 e. The lowest BCUT2D eigenvalue weighted by Crippen LogP contribution is -2.10. The Morgan fingerprint density at radius 3 is 2.62 bits per heavy atom. The molecule has 0 radical (unpaired) electrons. The summed E-state index contributed by atoms with van der Waals surface area (Å²) >= 11 is 15.6. The molecule has 0 bridgehead atoms. The molecule has 6 heteroatoms. The topological polar surface area (TPSA) is 34.9 Å². The third-order valence-corrected chi connectivity index (χ3v) is 4.91. The Hall–Kier alpha value is -0.840. The number of ketones is 1. The zero-order valence-corrected chi connectivity index (χ0v) is 14.9. The molecule has 21 heavy (non-hydrogen) atoms. The minimum Gasteiger partial charge on any atom is -0.294 e. The molecule has 0 aliphatic rings. The zero-order valence-electron chi connectivity index (χ0n) is 11.8. The van der Waals surface area contributed by atoms with Crippen LogP contribution in [0.15, 0.2) is 22.7 Å². The molecule has 1 aromatic carbocycles. The van der Waals surface area contributed by atoms with Gasteiger partial charge in [0.25, 0.3) is 0 Å². The Kier molecular flexibility index (Phi) is 5.47. The minimum absolute atomic E-state index is 0.00785. The Balaban J connectivity index is 2.31. The van der Waals surface area contributed by atoms with Crippen LogP contribution < -0.4 is 0 Å². The molecule has 0 aliphatic heterocycles. The predicted molar refractivity (Wildman–Crippen MR) is 89.5 cm³/mol. The molecule has 0 saturated heterocycles. The molecule has 0 saturated carbocycles. The van der Waals surface area contributed by atoms with Gasteiger partial charge in [0.1, 0.15) is 0 Å². The van der Waals surface area contributed by atoms with Gasteiger partial charge in [-0.2, -0.15) is 5.10 Å². The highest BCUT2D eigenvalue weighted by Gasteiger charge is 2.18. The first-order chi connectivity index (χ1) is 9.97. The molecule has 0 spiro atoms. The number of carbonyl (C=O) groups excluding carboxylic acids is 1. The maximum Gasteiger partial charge on any atom is 0.168 e. The lowest BCUT2D eigenvalue weighted by Gasteiger charge is -2.06. The summed E-state index contributed by atoms with van der Waals surface area (Å²) in [6.45, 7) is 4.67. The van der Waals surface area contributed by atoms with Gasteiger partial charge in [-0.25, -0.2) is 0 Å². The molecule has 3 nitrogen and oxygen atoms in total. The number of hydrogen-bond donors (Lipinski definition) is 0. The van der Waals surface area contributed by atoms with Crippen molar-refractivity contribution in [3.05, 3.63) is 49.7 Å². The number of aryl methyl sites for hydroxylation is 2. The highest BCUT2D eigenvalue weighted by molar-refractivity contribution is 9.10. The molecule has 0 unspecified atom stereocenters. The average molecular weight is 390 g/mol. The van der Waals surface area contributed by atoms with Crippen molar-refractivity contribution >= 4 is 44.9 Å². The van der Waals surface area contributed by atoms with Crippen LogP contribution >= 0.6 is 39.1 Å². The van der Waals surface area contributed by atoms with Crippen molar-refractivity contribution in [1.82, 2.24) is 9.78 Å². The fourth-order valence-corrected chi connectivity index (χ4v) is 2.94. The van der Waals surface area contributed by atoms with Crippen LogP contribution in [0.5, 0.6) is 0 Å².